The van der Waals surface area contributed by atoms with Gasteiger partial charge < -0.3 is 4.74 Å². The van der Waals surface area contributed by atoms with Crippen LogP contribution in [0.15, 0.2) is 36.8 Å². The van der Waals surface area contributed by atoms with Crippen LogP contribution in [0.2, 0.25) is 0 Å². The maximum atomic E-state index is 13.5. The van der Waals surface area contributed by atoms with Crippen LogP contribution in [0.1, 0.15) is 40.5 Å². The molecule has 0 radical (unpaired) electrons. The van der Waals surface area contributed by atoms with Crippen molar-refractivity contribution in [2.45, 2.75) is 19.3 Å². The van der Waals surface area contributed by atoms with Gasteiger partial charge in [-0.3, -0.25) is 19.8 Å². The van der Waals surface area contributed by atoms with Gasteiger partial charge in [-0.15, -0.1) is 10.2 Å². The van der Waals surface area contributed by atoms with Crippen molar-refractivity contribution >= 4 is 22.4 Å². The number of methoxy groups -OCH3 is 1. The van der Waals surface area contributed by atoms with E-state index in [2.05, 4.69) is 42.4 Å². The number of aryl methyl sites for hydroxylation is 1. The summed E-state index contributed by atoms with van der Waals surface area (Å²) in [6.45, 7) is 0. The third kappa shape index (κ3) is 5.06. The topological polar surface area (TPSA) is 108 Å². The summed E-state index contributed by atoms with van der Waals surface area (Å²) in [5, 5.41) is 15.8. The molecular weight excluding hydrogens is 488 g/mol. The summed E-state index contributed by atoms with van der Waals surface area (Å²) in [6.07, 6.45) is 3.82. The zero-order chi connectivity index (χ0) is 25.2. The van der Waals surface area contributed by atoms with E-state index in [4.69, 9.17) is 4.74 Å². The van der Waals surface area contributed by atoms with Gasteiger partial charge in [-0.2, -0.15) is 5.10 Å². The maximum Gasteiger partial charge on any atom is 0.280 e. The second-order valence-electron chi connectivity index (χ2n) is 8.02. The van der Waals surface area contributed by atoms with Crippen LogP contribution < -0.4 is 10.1 Å². The van der Waals surface area contributed by atoms with Gasteiger partial charge in [-0.1, -0.05) is 17.3 Å². The van der Waals surface area contributed by atoms with Gasteiger partial charge in [0.25, 0.3) is 12.3 Å². The van der Waals surface area contributed by atoms with Crippen molar-refractivity contribution in [3.8, 4) is 40.0 Å². The van der Waals surface area contributed by atoms with Crippen LogP contribution in [0.25, 0.3) is 22.4 Å². The van der Waals surface area contributed by atoms with E-state index in [-0.39, 0.29) is 27.7 Å². The minimum atomic E-state index is -2.81. The number of nitrogens with one attached hydrogen (secondary N) is 1. The molecule has 36 heavy (non-hydrogen) atoms. The van der Waals surface area contributed by atoms with Crippen molar-refractivity contribution < 1.29 is 18.3 Å². The molecule has 1 N–H and O–H groups in total. The highest BCUT2D eigenvalue weighted by atomic mass is 32.1. The number of carbonyl (C=O) groups is 1. The predicted octanol–water partition coefficient (Wildman–Crippen LogP) is 4.36. The SMILES string of the molecule is COc1cnc(C(F)F)cc1-c1cc(-c2ccn(C)n2)cnc1C(=O)Nc1nnc(C#CC2CC2)s1. The molecule has 0 unspecified atom stereocenters. The molecule has 182 valence electrons. The Hall–Kier alpha value is -4.24. The van der Waals surface area contributed by atoms with E-state index in [1.807, 2.05) is 0 Å². The van der Waals surface area contributed by atoms with E-state index in [0.717, 1.165) is 24.2 Å². The van der Waals surface area contributed by atoms with Crippen molar-refractivity contribution in [3.63, 3.8) is 0 Å². The Morgan fingerprint density at radius 2 is 2.06 bits per heavy atom. The Kier molecular flexibility index (Phi) is 6.39. The molecule has 5 rings (SSSR count). The molecule has 0 atom stereocenters. The molecule has 4 heterocycles. The van der Waals surface area contributed by atoms with E-state index in [0.29, 0.717) is 22.2 Å². The number of hydrogen-bond donors (Lipinski definition) is 1. The van der Waals surface area contributed by atoms with E-state index in [9.17, 15) is 13.6 Å². The number of ether oxygens (including phenoxy) is 1. The van der Waals surface area contributed by atoms with Crippen LogP contribution in [0, 0.1) is 17.8 Å². The summed E-state index contributed by atoms with van der Waals surface area (Å²) in [6, 6.07) is 4.63. The first kappa shape index (κ1) is 23.5. The van der Waals surface area contributed by atoms with Crippen molar-refractivity contribution in [3.05, 3.63) is 53.2 Å². The Balaban J connectivity index is 1.55. The number of alkyl halides is 2. The van der Waals surface area contributed by atoms with Gasteiger partial charge in [0, 0.05) is 42.0 Å². The molecule has 1 amide bonds. The third-order valence-corrected chi connectivity index (χ3v) is 6.09. The van der Waals surface area contributed by atoms with Gasteiger partial charge in [0.05, 0.1) is 19.0 Å². The minimum absolute atomic E-state index is 0.0137. The summed E-state index contributed by atoms with van der Waals surface area (Å²) < 4.78 is 33.9. The number of aromatic nitrogens is 6. The molecule has 12 heteroatoms. The van der Waals surface area contributed by atoms with Crippen molar-refractivity contribution in [1.82, 2.24) is 29.9 Å². The monoisotopic (exact) mass is 507 g/mol. The highest BCUT2D eigenvalue weighted by Gasteiger charge is 2.23. The first-order valence-electron chi connectivity index (χ1n) is 10.9. The summed E-state index contributed by atoms with van der Waals surface area (Å²) in [5.41, 5.74) is 1.24. The number of halogens is 2. The number of pyridine rings is 2. The van der Waals surface area contributed by atoms with Gasteiger partial charge in [0.1, 0.15) is 17.1 Å². The fourth-order valence-corrected chi connectivity index (χ4v) is 3.98. The van der Waals surface area contributed by atoms with Gasteiger partial charge in [0.15, 0.2) is 5.01 Å². The number of amides is 1. The molecular formula is C24H19F2N7O2S. The van der Waals surface area contributed by atoms with Crippen LogP contribution in [0.4, 0.5) is 13.9 Å². The number of carbonyl (C=O) groups excluding carboxylic acids is 1. The lowest BCUT2D eigenvalue weighted by molar-refractivity contribution is 0.102. The minimum Gasteiger partial charge on any atom is -0.494 e. The normalized spacial score (nSPS) is 12.8. The summed E-state index contributed by atoms with van der Waals surface area (Å²) in [5.74, 6) is 6.09. The fraction of sp³-hybridized carbons (Fsp3) is 0.250. The van der Waals surface area contributed by atoms with Gasteiger partial charge in [-0.25, -0.2) is 13.8 Å². The zero-order valence-corrected chi connectivity index (χ0v) is 20.0. The molecule has 0 aromatic carbocycles. The molecule has 1 aliphatic rings. The maximum absolute atomic E-state index is 13.5. The van der Waals surface area contributed by atoms with Gasteiger partial charge >= 0.3 is 0 Å². The number of rotatable bonds is 6. The first-order valence-corrected chi connectivity index (χ1v) is 11.7. The van der Waals surface area contributed by atoms with E-state index >= 15 is 0 Å². The van der Waals surface area contributed by atoms with Crippen molar-refractivity contribution in [1.29, 1.82) is 0 Å². The molecule has 4 aromatic heterocycles. The Bertz CT molecular complexity index is 1500. The first-order chi connectivity index (χ1) is 17.4. The molecule has 0 aliphatic heterocycles. The molecule has 1 aliphatic carbocycles. The van der Waals surface area contributed by atoms with Crippen molar-refractivity contribution in [2.75, 3.05) is 12.4 Å². The Labute approximate surface area is 208 Å². The average Bonchev–Trinajstić information content (AvgIpc) is 3.44. The highest BCUT2D eigenvalue weighted by Crippen LogP contribution is 2.36. The number of anilines is 1. The second kappa shape index (κ2) is 9.79. The highest BCUT2D eigenvalue weighted by molar-refractivity contribution is 7.15. The van der Waals surface area contributed by atoms with Gasteiger partial charge in [-0.05, 0) is 37.0 Å². The summed E-state index contributed by atoms with van der Waals surface area (Å²) in [7, 11) is 3.16. The molecule has 9 nitrogen and oxygen atoms in total. The lowest BCUT2D eigenvalue weighted by atomic mass is 10.00. The summed E-state index contributed by atoms with van der Waals surface area (Å²) in [4.78, 5) is 21.4. The summed E-state index contributed by atoms with van der Waals surface area (Å²) >= 11 is 1.14. The fourth-order valence-electron chi connectivity index (χ4n) is 3.38. The molecule has 0 spiro atoms. The molecule has 1 fully saturated rings. The predicted molar refractivity (Wildman–Crippen MR) is 129 cm³/mol. The van der Waals surface area contributed by atoms with Crippen LogP contribution in [-0.4, -0.2) is 43.0 Å². The quantitative estimate of drug-likeness (QED) is 0.387. The smallest absolute Gasteiger partial charge is 0.280 e. The number of nitrogens with zero attached hydrogens (tertiary/aromatic N) is 6. The standard InChI is InChI=1S/C24H19F2N7O2S/c1-33-8-7-17(32-33)14-9-16(15-10-18(22(25)26)27-12-19(15)35-2)21(28-11-14)23(34)29-24-31-30-20(36-24)6-5-13-3-4-13/h7-13,22H,3-4H2,1-2H3,(H,29,31,34). The lowest BCUT2D eigenvalue weighted by Gasteiger charge is -2.14. The molecule has 1 saturated carbocycles. The van der Waals surface area contributed by atoms with E-state index in [1.54, 1.807) is 30.1 Å². The van der Waals surface area contributed by atoms with E-state index in [1.165, 1.54) is 25.6 Å². The molecule has 4 aromatic rings. The molecule has 0 bridgehead atoms. The van der Waals surface area contributed by atoms with Crippen LogP contribution in [0.5, 0.6) is 5.75 Å². The van der Waals surface area contributed by atoms with Crippen LogP contribution >= 0.6 is 11.3 Å². The lowest BCUT2D eigenvalue weighted by Crippen LogP contribution is -2.15. The van der Waals surface area contributed by atoms with Gasteiger partial charge in [0.2, 0.25) is 5.13 Å². The Morgan fingerprint density at radius 3 is 2.75 bits per heavy atom. The molecule has 0 saturated heterocycles. The van der Waals surface area contributed by atoms with Crippen molar-refractivity contribution in [2.24, 2.45) is 13.0 Å². The largest absolute Gasteiger partial charge is 0.494 e. The third-order valence-electron chi connectivity index (χ3n) is 5.34. The Morgan fingerprint density at radius 1 is 1.22 bits per heavy atom. The average molecular weight is 508 g/mol. The van der Waals surface area contributed by atoms with Crippen LogP contribution in [-0.2, 0) is 7.05 Å². The second-order valence-corrected chi connectivity index (χ2v) is 8.99. The zero-order valence-electron chi connectivity index (χ0n) is 19.2. The number of hydrogen-bond acceptors (Lipinski definition) is 8. The van der Waals surface area contributed by atoms with E-state index < -0.39 is 18.0 Å². The van der Waals surface area contributed by atoms with Crippen LogP contribution in [0.3, 0.4) is 0 Å².